The van der Waals surface area contributed by atoms with E-state index < -0.39 is 28.8 Å². The Morgan fingerprint density at radius 3 is 2.38 bits per heavy atom. The number of nitrogens with one attached hydrogen (secondary N) is 1. The average Bonchev–Trinajstić information content (AvgIpc) is 3.03. The normalized spacial score (nSPS) is 12.2. The summed E-state index contributed by atoms with van der Waals surface area (Å²) in [6, 6.07) is 4.54. The van der Waals surface area contributed by atoms with Gasteiger partial charge in [0.05, 0.1) is 27.7 Å². The Morgan fingerprint density at radius 2 is 1.93 bits per heavy atom. The number of aryl methyl sites for hydroxylation is 1. The van der Waals surface area contributed by atoms with Crippen LogP contribution in [-0.4, -0.2) is 28.9 Å². The van der Waals surface area contributed by atoms with Crippen LogP contribution in [0, 0.1) is 11.3 Å². The van der Waals surface area contributed by atoms with E-state index in [9.17, 15) is 23.2 Å². The van der Waals surface area contributed by atoms with Crippen molar-refractivity contribution in [2.45, 2.75) is 6.18 Å². The molecule has 12 heteroatoms. The Morgan fingerprint density at radius 1 is 1.34 bits per heavy atom. The Kier molecular flexibility index (Phi) is 7.11. The van der Waals surface area contributed by atoms with Crippen molar-refractivity contribution in [1.82, 2.24) is 9.78 Å². The number of methoxy groups -OCH3 is 1. The van der Waals surface area contributed by atoms with E-state index >= 15 is 0 Å². The van der Waals surface area contributed by atoms with Gasteiger partial charge in [-0.15, -0.1) is 11.8 Å². The summed E-state index contributed by atoms with van der Waals surface area (Å²) in [7, 11) is 2.63. The van der Waals surface area contributed by atoms with Gasteiger partial charge in [0, 0.05) is 18.9 Å². The van der Waals surface area contributed by atoms with E-state index in [4.69, 9.17) is 27.9 Å². The van der Waals surface area contributed by atoms with Crippen LogP contribution in [0.25, 0.3) is 0 Å². The van der Waals surface area contributed by atoms with Crippen LogP contribution in [0.4, 0.5) is 18.9 Å². The Bertz CT molecular complexity index is 1010. The number of ketones is 1. The van der Waals surface area contributed by atoms with Crippen LogP contribution in [-0.2, 0) is 13.2 Å². The molecule has 0 saturated heterocycles. The van der Waals surface area contributed by atoms with Gasteiger partial charge in [0.1, 0.15) is 11.6 Å². The van der Waals surface area contributed by atoms with Crippen LogP contribution in [0.15, 0.2) is 28.9 Å². The highest BCUT2D eigenvalue weighted by Gasteiger charge is 2.39. The summed E-state index contributed by atoms with van der Waals surface area (Å²) in [6.45, 7) is 0. The summed E-state index contributed by atoms with van der Waals surface area (Å²) in [5.41, 5.74) is -2.29. The van der Waals surface area contributed by atoms with Gasteiger partial charge in [0.2, 0.25) is 5.78 Å². The van der Waals surface area contributed by atoms with Crippen LogP contribution in [0.5, 0.6) is 5.75 Å². The molecule has 0 fully saturated rings. The molecule has 1 N–H and O–H groups in total. The number of nitrogens with zero attached hydrogens (tertiary/aromatic N) is 3. The van der Waals surface area contributed by atoms with Crippen LogP contribution in [0.2, 0.25) is 10.0 Å². The molecule has 0 bridgehead atoms. The molecule has 1 aromatic heterocycles. The van der Waals surface area contributed by atoms with Crippen molar-refractivity contribution in [3.05, 3.63) is 50.2 Å². The number of ether oxygens (including phenoxy) is 1. The smallest absolute Gasteiger partial charge is 0.435 e. The second kappa shape index (κ2) is 8.98. The van der Waals surface area contributed by atoms with E-state index in [2.05, 4.69) is 10.4 Å². The third-order valence-corrected chi connectivity index (χ3v) is 4.85. The summed E-state index contributed by atoms with van der Waals surface area (Å²) in [6.07, 6.45) is -2.38. The van der Waals surface area contributed by atoms with Crippen molar-refractivity contribution in [1.29, 1.82) is 5.26 Å². The number of Topliss-reactive ketones (excluding diaryl/α,β-unsaturated/α-hetero) is 1. The largest absolute Gasteiger partial charge is 0.494 e. The molecule has 0 amide bonds. The van der Waals surface area contributed by atoms with Crippen LogP contribution in [0.1, 0.15) is 16.1 Å². The molecule has 154 valence electrons. The second-order valence-corrected chi connectivity index (χ2v) is 7.14. The Labute approximate surface area is 178 Å². The number of alkyl halides is 3. The van der Waals surface area contributed by atoms with Gasteiger partial charge >= 0.3 is 6.18 Å². The van der Waals surface area contributed by atoms with Crippen molar-refractivity contribution < 1.29 is 22.7 Å². The number of allylic oxidation sites excluding steroid dienone is 1. The fourth-order valence-electron chi connectivity index (χ4n) is 2.38. The van der Waals surface area contributed by atoms with E-state index in [1.54, 1.807) is 12.3 Å². The summed E-state index contributed by atoms with van der Waals surface area (Å²) in [4.78, 5) is 12.7. The SMILES string of the molecule is COc1c(Cl)cc(NC(SC)=C(C#N)C(=O)c2cn(C)nc2C(F)(F)F)cc1Cl. The standard InChI is InChI=1S/C17H13Cl2F3N4O2S/c1-26-7-10(15(25-26)17(20,21)22)13(27)9(6-23)16(29-3)24-8-4-11(18)14(28-2)12(19)5-8/h4-5,7,24H,1-3H3. The highest BCUT2D eigenvalue weighted by atomic mass is 35.5. The number of anilines is 1. The molecule has 2 rings (SSSR count). The maximum absolute atomic E-state index is 13.2. The number of benzene rings is 1. The first kappa shape index (κ1) is 22.9. The van der Waals surface area contributed by atoms with Crippen molar-refractivity contribution in [2.24, 2.45) is 7.05 Å². The zero-order chi connectivity index (χ0) is 21.9. The van der Waals surface area contributed by atoms with Gasteiger partial charge in [-0.25, -0.2) is 0 Å². The van der Waals surface area contributed by atoms with Gasteiger partial charge in [-0.3, -0.25) is 9.48 Å². The summed E-state index contributed by atoms with van der Waals surface area (Å²) in [5.74, 6) is -0.884. The number of thioether (sulfide) groups is 1. The molecule has 1 heterocycles. The maximum atomic E-state index is 13.2. The molecule has 0 saturated carbocycles. The number of aromatic nitrogens is 2. The first-order chi connectivity index (χ1) is 13.5. The van der Waals surface area contributed by atoms with Gasteiger partial charge in [0.15, 0.2) is 11.4 Å². The third-order valence-electron chi connectivity index (χ3n) is 3.57. The first-order valence-corrected chi connectivity index (χ1v) is 9.65. The van der Waals surface area contributed by atoms with Crippen LogP contribution >= 0.6 is 35.0 Å². The molecule has 0 radical (unpaired) electrons. The second-order valence-electron chi connectivity index (χ2n) is 5.51. The number of nitriles is 1. The summed E-state index contributed by atoms with van der Waals surface area (Å²) >= 11 is 13.1. The van der Waals surface area contributed by atoms with Gasteiger partial charge in [-0.1, -0.05) is 23.2 Å². The fraction of sp³-hybridized carbons (Fsp3) is 0.235. The number of rotatable bonds is 6. The van der Waals surface area contributed by atoms with Crippen LogP contribution < -0.4 is 10.1 Å². The minimum atomic E-state index is -4.85. The third kappa shape index (κ3) is 4.98. The van der Waals surface area contributed by atoms with Gasteiger partial charge < -0.3 is 10.1 Å². The summed E-state index contributed by atoms with van der Waals surface area (Å²) in [5, 5.41) is 15.9. The molecular weight excluding hydrogens is 452 g/mol. The quantitative estimate of drug-likeness (QED) is 0.361. The van der Waals surface area contributed by atoms with E-state index in [0.717, 1.165) is 22.6 Å². The average molecular weight is 465 g/mol. The molecule has 0 unspecified atom stereocenters. The number of hydrogen-bond acceptors (Lipinski definition) is 6. The zero-order valence-corrected chi connectivity index (χ0v) is 17.5. The Balaban J connectivity index is 2.52. The molecule has 0 atom stereocenters. The van der Waals surface area contributed by atoms with Crippen molar-refractivity contribution in [3.8, 4) is 11.8 Å². The monoisotopic (exact) mass is 464 g/mol. The Hall–Kier alpha value is -2.35. The van der Waals surface area contributed by atoms with Crippen molar-refractivity contribution >= 4 is 46.4 Å². The topological polar surface area (TPSA) is 79.9 Å². The predicted molar refractivity (Wildman–Crippen MR) is 105 cm³/mol. The van der Waals surface area contributed by atoms with Gasteiger partial charge in [0.25, 0.3) is 0 Å². The molecule has 0 aliphatic rings. The van der Waals surface area contributed by atoms with E-state index in [-0.39, 0.29) is 20.8 Å². The molecule has 0 aliphatic carbocycles. The number of halogens is 5. The lowest BCUT2D eigenvalue weighted by molar-refractivity contribution is -0.141. The lowest BCUT2D eigenvalue weighted by atomic mass is 10.1. The van der Waals surface area contributed by atoms with Crippen molar-refractivity contribution in [2.75, 3.05) is 18.7 Å². The van der Waals surface area contributed by atoms with E-state index in [0.29, 0.717) is 5.69 Å². The molecule has 29 heavy (non-hydrogen) atoms. The van der Waals surface area contributed by atoms with Gasteiger partial charge in [-0.05, 0) is 18.4 Å². The molecule has 2 aromatic rings. The predicted octanol–water partition coefficient (Wildman–Crippen LogP) is 5.15. The molecule has 0 spiro atoms. The molecule has 6 nitrogen and oxygen atoms in total. The molecule has 0 aliphatic heterocycles. The fourth-order valence-corrected chi connectivity index (χ4v) is 3.58. The first-order valence-electron chi connectivity index (χ1n) is 7.67. The lowest BCUT2D eigenvalue weighted by Gasteiger charge is -2.13. The number of hydrogen-bond donors (Lipinski definition) is 1. The highest BCUT2D eigenvalue weighted by Crippen LogP contribution is 2.37. The zero-order valence-electron chi connectivity index (χ0n) is 15.2. The van der Waals surface area contributed by atoms with E-state index in [1.807, 2.05) is 0 Å². The molecular formula is C17H13Cl2F3N4O2S. The minimum Gasteiger partial charge on any atom is -0.494 e. The highest BCUT2D eigenvalue weighted by molar-refractivity contribution is 8.02. The van der Waals surface area contributed by atoms with Crippen LogP contribution in [0.3, 0.4) is 0 Å². The number of carbonyl (C=O) groups is 1. The van der Waals surface area contributed by atoms with Gasteiger partial charge in [-0.2, -0.15) is 23.5 Å². The minimum absolute atomic E-state index is 0.0202. The maximum Gasteiger partial charge on any atom is 0.435 e. The van der Waals surface area contributed by atoms with Crippen molar-refractivity contribution in [3.63, 3.8) is 0 Å². The number of carbonyl (C=O) groups excluding carboxylic acids is 1. The lowest BCUT2D eigenvalue weighted by Crippen LogP contribution is -2.15. The molecule has 1 aromatic carbocycles. The van der Waals surface area contributed by atoms with E-state index in [1.165, 1.54) is 26.3 Å². The summed E-state index contributed by atoms with van der Waals surface area (Å²) < 4.78 is 45.5.